The van der Waals surface area contributed by atoms with E-state index in [1.165, 1.54) is 4.88 Å². The number of methoxy groups -OCH3 is 1. The van der Waals surface area contributed by atoms with E-state index in [2.05, 4.69) is 10.3 Å². The van der Waals surface area contributed by atoms with Crippen molar-refractivity contribution in [3.8, 4) is 11.4 Å². The predicted molar refractivity (Wildman–Crippen MR) is 126 cm³/mol. The summed E-state index contributed by atoms with van der Waals surface area (Å²) in [5.74, 6) is 0.743. The number of ether oxygens (including phenoxy) is 1. The van der Waals surface area contributed by atoms with Crippen LogP contribution in [-0.4, -0.2) is 21.6 Å². The number of anilines is 2. The Bertz CT molecular complexity index is 1280. The number of aromatic nitrogens is 3. The number of aryl methyl sites for hydroxylation is 3. The van der Waals surface area contributed by atoms with E-state index in [1.807, 2.05) is 48.0 Å². The van der Waals surface area contributed by atoms with Crippen LogP contribution in [0.15, 0.2) is 48.9 Å². The van der Waals surface area contributed by atoms with Gasteiger partial charge in [0, 0.05) is 28.7 Å². The molecular weight excluding hydrogens is 423 g/mol. The second-order valence-corrected chi connectivity index (χ2v) is 9.30. The van der Waals surface area contributed by atoms with Gasteiger partial charge in [-0.25, -0.2) is 14.4 Å². The third kappa shape index (κ3) is 3.88. The largest absolute Gasteiger partial charge is 0.494 e. The summed E-state index contributed by atoms with van der Waals surface area (Å²) in [6.45, 7) is 3.76. The smallest absolute Gasteiger partial charge is 0.187 e. The summed E-state index contributed by atoms with van der Waals surface area (Å²) in [7, 11) is 1.67. The monoisotopic (exact) mass is 448 g/mol. The van der Waals surface area contributed by atoms with E-state index < -0.39 is 0 Å². The molecule has 1 aliphatic carbocycles. The number of hydrogen-bond donors (Lipinski definition) is 1. The van der Waals surface area contributed by atoms with Gasteiger partial charge in [0.2, 0.25) is 0 Å². The zero-order chi connectivity index (χ0) is 22.2. The molecule has 0 amide bonds. The third-order valence-electron chi connectivity index (χ3n) is 5.97. The maximum absolute atomic E-state index is 14.2. The molecular formula is C25H25FN4OS. The van der Waals surface area contributed by atoms with Crippen LogP contribution >= 0.6 is 11.3 Å². The van der Waals surface area contributed by atoms with Crippen LogP contribution < -0.4 is 10.1 Å². The van der Waals surface area contributed by atoms with E-state index in [4.69, 9.17) is 9.72 Å². The van der Waals surface area contributed by atoms with Crippen LogP contribution in [-0.2, 0) is 6.42 Å². The van der Waals surface area contributed by atoms with Crippen molar-refractivity contribution in [2.45, 2.75) is 39.0 Å². The number of fused-ring (bicyclic) bond motifs is 1. The molecule has 5 nitrogen and oxygen atoms in total. The van der Waals surface area contributed by atoms with Crippen molar-refractivity contribution in [2.24, 2.45) is 0 Å². The standard InChI is InChI=1S/C25H25FN4OS/c1-15-7-8-17(11-20(15)26)19-5-4-6-23-24(19)29-25(32-23)28-18-9-10-21(22(12-18)31-3)30-13-16(2)27-14-30/h7-14,19H,4-6H2,1-3H3,(H,28,29). The number of imidazole rings is 1. The number of halogens is 1. The number of nitrogens with zero attached hydrogens (tertiary/aromatic N) is 3. The van der Waals surface area contributed by atoms with Gasteiger partial charge < -0.3 is 14.6 Å². The van der Waals surface area contributed by atoms with Crippen molar-refractivity contribution in [1.82, 2.24) is 14.5 Å². The average Bonchev–Trinajstić information content (AvgIpc) is 3.41. The second kappa shape index (κ2) is 8.39. The van der Waals surface area contributed by atoms with Crippen molar-refractivity contribution in [2.75, 3.05) is 12.4 Å². The normalized spacial score (nSPS) is 15.4. The van der Waals surface area contributed by atoms with Gasteiger partial charge in [0.25, 0.3) is 0 Å². The Hall–Kier alpha value is -3.19. The molecule has 0 radical (unpaired) electrons. The first-order valence-electron chi connectivity index (χ1n) is 10.7. The number of hydrogen-bond acceptors (Lipinski definition) is 5. The van der Waals surface area contributed by atoms with Gasteiger partial charge in [0.1, 0.15) is 11.6 Å². The average molecular weight is 449 g/mol. The number of benzene rings is 2. The van der Waals surface area contributed by atoms with E-state index in [-0.39, 0.29) is 11.7 Å². The first kappa shape index (κ1) is 20.7. The molecule has 32 heavy (non-hydrogen) atoms. The minimum absolute atomic E-state index is 0.141. The zero-order valence-electron chi connectivity index (χ0n) is 18.4. The summed E-state index contributed by atoms with van der Waals surface area (Å²) in [6, 6.07) is 11.6. The van der Waals surface area contributed by atoms with Crippen LogP contribution in [0.3, 0.4) is 0 Å². The van der Waals surface area contributed by atoms with Crippen LogP contribution in [0.2, 0.25) is 0 Å². The van der Waals surface area contributed by atoms with Gasteiger partial charge >= 0.3 is 0 Å². The molecule has 7 heteroatoms. The first-order chi connectivity index (χ1) is 15.5. The molecule has 5 rings (SSSR count). The second-order valence-electron chi connectivity index (χ2n) is 8.21. The minimum Gasteiger partial charge on any atom is -0.494 e. The lowest BCUT2D eigenvalue weighted by Crippen LogP contribution is -2.10. The SMILES string of the molecule is COc1cc(Nc2nc3c(s2)CCCC3c2ccc(C)c(F)c2)ccc1-n1cnc(C)c1. The van der Waals surface area contributed by atoms with Crippen LogP contribution in [0.5, 0.6) is 5.75 Å². The quantitative estimate of drug-likeness (QED) is 0.389. The van der Waals surface area contributed by atoms with Crippen molar-refractivity contribution in [3.63, 3.8) is 0 Å². The number of nitrogens with one attached hydrogen (secondary N) is 1. The zero-order valence-corrected chi connectivity index (χ0v) is 19.2. The Balaban J connectivity index is 1.42. The van der Waals surface area contributed by atoms with Gasteiger partial charge in [-0.15, -0.1) is 11.3 Å². The van der Waals surface area contributed by atoms with Crippen molar-refractivity contribution in [1.29, 1.82) is 0 Å². The van der Waals surface area contributed by atoms with E-state index in [9.17, 15) is 4.39 Å². The van der Waals surface area contributed by atoms with Crippen molar-refractivity contribution >= 4 is 22.2 Å². The van der Waals surface area contributed by atoms with Crippen LogP contribution in [0.4, 0.5) is 15.2 Å². The maximum Gasteiger partial charge on any atom is 0.187 e. The molecule has 2 heterocycles. The van der Waals surface area contributed by atoms with Gasteiger partial charge in [-0.1, -0.05) is 12.1 Å². The van der Waals surface area contributed by atoms with Crippen molar-refractivity contribution < 1.29 is 9.13 Å². The molecule has 0 saturated carbocycles. The molecule has 4 aromatic rings. The van der Waals surface area contributed by atoms with Gasteiger partial charge in [0.15, 0.2) is 5.13 Å². The molecule has 2 aromatic heterocycles. The molecule has 1 aliphatic rings. The molecule has 1 atom stereocenters. The highest BCUT2D eigenvalue weighted by molar-refractivity contribution is 7.15. The number of rotatable bonds is 5. The van der Waals surface area contributed by atoms with Gasteiger partial charge in [0.05, 0.1) is 30.5 Å². The maximum atomic E-state index is 14.2. The first-order valence-corrected chi connectivity index (χ1v) is 11.5. The lowest BCUT2D eigenvalue weighted by Gasteiger charge is -2.21. The number of thiazole rings is 1. The summed E-state index contributed by atoms with van der Waals surface area (Å²) in [6.07, 6.45) is 6.84. The highest BCUT2D eigenvalue weighted by Gasteiger charge is 2.26. The molecule has 2 aromatic carbocycles. The fourth-order valence-electron chi connectivity index (χ4n) is 4.27. The minimum atomic E-state index is -0.150. The fraction of sp³-hybridized carbons (Fsp3) is 0.280. The van der Waals surface area contributed by atoms with E-state index >= 15 is 0 Å². The highest BCUT2D eigenvalue weighted by Crippen LogP contribution is 2.41. The summed E-state index contributed by atoms with van der Waals surface area (Å²) in [5.41, 5.74) is 5.54. The van der Waals surface area contributed by atoms with Gasteiger partial charge in [-0.2, -0.15) is 0 Å². The summed E-state index contributed by atoms with van der Waals surface area (Å²) in [4.78, 5) is 10.5. The molecule has 0 saturated heterocycles. The van der Waals surface area contributed by atoms with Gasteiger partial charge in [-0.3, -0.25) is 0 Å². The van der Waals surface area contributed by atoms with E-state index in [1.54, 1.807) is 37.8 Å². The van der Waals surface area contributed by atoms with Crippen LogP contribution in [0.1, 0.15) is 46.2 Å². The Labute approximate surface area is 190 Å². The molecule has 0 aliphatic heterocycles. The Morgan fingerprint density at radius 2 is 2.06 bits per heavy atom. The molecule has 1 unspecified atom stereocenters. The molecule has 0 spiro atoms. The van der Waals surface area contributed by atoms with Crippen LogP contribution in [0.25, 0.3) is 5.69 Å². The predicted octanol–water partition coefficient (Wildman–Crippen LogP) is 6.31. The summed E-state index contributed by atoms with van der Waals surface area (Å²) in [5, 5.41) is 4.29. The van der Waals surface area contributed by atoms with Crippen molar-refractivity contribution in [3.05, 3.63) is 82.1 Å². The molecule has 164 valence electrons. The summed E-state index contributed by atoms with van der Waals surface area (Å²) >= 11 is 1.68. The topological polar surface area (TPSA) is 52.0 Å². The summed E-state index contributed by atoms with van der Waals surface area (Å²) < 4.78 is 21.8. The lowest BCUT2D eigenvalue weighted by molar-refractivity contribution is 0.413. The van der Waals surface area contributed by atoms with E-state index in [0.29, 0.717) is 5.56 Å². The highest BCUT2D eigenvalue weighted by atomic mass is 32.1. The molecule has 1 N–H and O–H groups in total. The Morgan fingerprint density at radius 1 is 1.19 bits per heavy atom. The Kier molecular flexibility index (Phi) is 5.43. The fourth-order valence-corrected chi connectivity index (χ4v) is 5.35. The van der Waals surface area contributed by atoms with Gasteiger partial charge in [-0.05, 0) is 62.4 Å². The molecule has 0 bridgehead atoms. The van der Waals surface area contributed by atoms with Crippen LogP contribution in [0, 0.1) is 19.7 Å². The Morgan fingerprint density at radius 3 is 2.81 bits per heavy atom. The lowest BCUT2D eigenvalue weighted by atomic mass is 9.85. The molecule has 0 fully saturated rings. The third-order valence-corrected chi connectivity index (χ3v) is 7.02. The van der Waals surface area contributed by atoms with E-state index in [0.717, 1.165) is 58.5 Å².